The van der Waals surface area contributed by atoms with Crippen molar-refractivity contribution >= 4 is 0 Å². The van der Waals surface area contributed by atoms with E-state index in [1.165, 1.54) is 0 Å². The summed E-state index contributed by atoms with van der Waals surface area (Å²) in [5, 5.41) is 14.3. The molecule has 3 heterocycles. The fourth-order valence-electron chi connectivity index (χ4n) is 4.12. The maximum absolute atomic E-state index is 13.2. The van der Waals surface area contributed by atoms with Gasteiger partial charge in [0.15, 0.2) is 0 Å². The second kappa shape index (κ2) is 9.30. The molecular formula is C24H29N7O. The lowest BCUT2D eigenvalue weighted by Crippen LogP contribution is -2.27. The highest BCUT2D eigenvalue weighted by Gasteiger charge is 2.17. The predicted molar refractivity (Wildman–Crippen MR) is 124 cm³/mol. The third kappa shape index (κ3) is 4.26. The van der Waals surface area contributed by atoms with Gasteiger partial charge in [-0.15, -0.1) is 10.2 Å². The maximum Gasteiger partial charge on any atom is 0.328 e. The van der Waals surface area contributed by atoms with Crippen molar-refractivity contribution in [2.45, 2.75) is 53.6 Å². The molecule has 8 nitrogen and oxygen atoms in total. The zero-order chi connectivity index (χ0) is 22.7. The number of nitrogens with one attached hydrogen (secondary N) is 1. The van der Waals surface area contributed by atoms with Crippen LogP contribution in [0.3, 0.4) is 0 Å². The molecule has 0 amide bonds. The van der Waals surface area contributed by atoms with Crippen LogP contribution in [-0.4, -0.2) is 34.7 Å². The van der Waals surface area contributed by atoms with E-state index in [1.54, 1.807) is 12.4 Å². The number of aromatic amines is 1. The van der Waals surface area contributed by atoms with Crippen molar-refractivity contribution in [1.29, 1.82) is 0 Å². The van der Waals surface area contributed by atoms with Crippen LogP contribution in [0.25, 0.3) is 22.5 Å². The number of H-pyrrole nitrogens is 1. The van der Waals surface area contributed by atoms with Gasteiger partial charge in [-0.05, 0) is 47.2 Å². The van der Waals surface area contributed by atoms with Crippen LogP contribution in [0, 0.1) is 12.8 Å². The van der Waals surface area contributed by atoms with E-state index in [-0.39, 0.29) is 5.69 Å². The number of pyridine rings is 1. The van der Waals surface area contributed by atoms with Gasteiger partial charge in [0.05, 0.1) is 6.54 Å². The summed E-state index contributed by atoms with van der Waals surface area (Å²) in [6.07, 6.45) is 5.40. The molecule has 0 saturated carbocycles. The van der Waals surface area contributed by atoms with Crippen LogP contribution < -0.4 is 5.69 Å². The number of aromatic nitrogens is 7. The Morgan fingerprint density at radius 1 is 1.06 bits per heavy atom. The molecule has 0 atom stereocenters. The summed E-state index contributed by atoms with van der Waals surface area (Å²) in [6.45, 7) is 9.81. The lowest BCUT2D eigenvalue weighted by molar-refractivity contribution is 0.497. The minimum atomic E-state index is 0.0808. The summed E-state index contributed by atoms with van der Waals surface area (Å²) in [7, 11) is 0. The van der Waals surface area contributed by atoms with Gasteiger partial charge in [-0.1, -0.05) is 51.5 Å². The highest BCUT2D eigenvalue weighted by atomic mass is 16.1. The van der Waals surface area contributed by atoms with Crippen LogP contribution in [0.15, 0.2) is 47.5 Å². The topological polar surface area (TPSA) is 94.3 Å². The van der Waals surface area contributed by atoms with Crippen molar-refractivity contribution < 1.29 is 0 Å². The molecule has 3 aromatic heterocycles. The highest BCUT2D eigenvalue weighted by molar-refractivity contribution is 5.79. The molecule has 1 N–H and O–H groups in total. The number of nitrogens with zero attached hydrogens (tertiary/aromatic N) is 6. The monoisotopic (exact) mass is 431 g/mol. The molecule has 166 valence electrons. The predicted octanol–water partition coefficient (Wildman–Crippen LogP) is 3.86. The van der Waals surface area contributed by atoms with E-state index in [0.29, 0.717) is 18.3 Å². The quantitative estimate of drug-likeness (QED) is 0.457. The lowest BCUT2D eigenvalue weighted by atomic mass is 10.00. The molecule has 0 aliphatic heterocycles. The van der Waals surface area contributed by atoms with Crippen LogP contribution in [0.5, 0.6) is 0 Å². The first kappa shape index (κ1) is 21.7. The first-order valence-electron chi connectivity index (χ1n) is 11.1. The summed E-state index contributed by atoms with van der Waals surface area (Å²) < 4.78 is 3.87. The highest BCUT2D eigenvalue weighted by Crippen LogP contribution is 2.29. The van der Waals surface area contributed by atoms with E-state index >= 15 is 0 Å². The Balaban J connectivity index is 1.66. The largest absolute Gasteiger partial charge is 0.328 e. The van der Waals surface area contributed by atoms with Crippen molar-refractivity contribution in [2.75, 3.05) is 0 Å². The Bertz CT molecular complexity index is 1230. The average molecular weight is 432 g/mol. The lowest BCUT2D eigenvalue weighted by Gasteiger charge is -2.10. The molecule has 1 aromatic carbocycles. The summed E-state index contributed by atoms with van der Waals surface area (Å²) in [4.78, 5) is 17.4. The van der Waals surface area contributed by atoms with Crippen molar-refractivity contribution in [3.05, 3.63) is 70.2 Å². The van der Waals surface area contributed by atoms with Gasteiger partial charge in [0.25, 0.3) is 0 Å². The fourth-order valence-corrected chi connectivity index (χ4v) is 4.12. The second-order valence-corrected chi connectivity index (χ2v) is 8.51. The van der Waals surface area contributed by atoms with Gasteiger partial charge in [-0.3, -0.25) is 14.1 Å². The third-order valence-corrected chi connectivity index (χ3v) is 5.66. The zero-order valence-electron chi connectivity index (χ0n) is 19.0. The molecule has 0 fully saturated rings. The normalized spacial score (nSPS) is 11.4. The minimum absolute atomic E-state index is 0.0808. The summed E-state index contributed by atoms with van der Waals surface area (Å²) in [6, 6.07) is 10.2. The standard InChI is InChI=1S/C24H29N7O/c1-5-6-22-17(4)30(14-16(2)3)24(32)31(22)15-18-7-9-19(10-8-18)20-11-12-25-13-21(20)23-26-28-29-27-23/h7-13,16H,5-6,14-15H2,1-4H3,(H,26,27,28,29). The van der Waals surface area contributed by atoms with Gasteiger partial charge in [0.2, 0.25) is 5.82 Å². The van der Waals surface area contributed by atoms with Gasteiger partial charge in [-0.2, -0.15) is 5.21 Å². The molecule has 32 heavy (non-hydrogen) atoms. The Morgan fingerprint density at radius 2 is 1.84 bits per heavy atom. The molecule has 0 aliphatic carbocycles. The molecule has 0 radical (unpaired) electrons. The smallest absolute Gasteiger partial charge is 0.296 e. The average Bonchev–Trinajstić information content (AvgIpc) is 3.40. The minimum Gasteiger partial charge on any atom is -0.296 e. The van der Waals surface area contributed by atoms with Crippen molar-refractivity contribution in [2.24, 2.45) is 5.92 Å². The Labute approximate surface area is 187 Å². The Morgan fingerprint density at radius 3 is 2.50 bits per heavy atom. The zero-order valence-corrected chi connectivity index (χ0v) is 19.0. The Hall–Kier alpha value is -3.55. The van der Waals surface area contributed by atoms with Crippen LogP contribution in [0.4, 0.5) is 0 Å². The third-order valence-electron chi connectivity index (χ3n) is 5.66. The van der Waals surface area contributed by atoms with Crippen LogP contribution in [0.2, 0.25) is 0 Å². The van der Waals surface area contributed by atoms with Crippen molar-refractivity contribution in [3.8, 4) is 22.5 Å². The van der Waals surface area contributed by atoms with Gasteiger partial charge < -0.3 is 0 Å². The van der Waals surface area contributed by atoms with E-state index in [0.717, 1.165) is 53.0 Å². The number of imidazole rings is 1. The molecular weight excluding hydrogens is 402 g/mol. The molecule has 0 saturated heterocycles. The SMILES string of the molecule is CCCc1c(C)n(CC(C)C)c(=O)n1Cc1ccc(-c2ccncc2-c2nn[nH]n2)cc1. The first-order chi connectivity index (χ1) is 15.5. The number of rotatable bonds is 8. The molecule has 0 aliphatic rings. The molecule has 0 unspecified atom stereocenters. The van der Waals surface area contributed by atoms with E-state index in [4.69, 9.17) is 0 Å². The van der Waals surface area contributed by atoms with Gasteiger partial charge in [0.1, 0.15) is 0 Å². The maximum atomic E-state index is 13.2. The van der Waals surface area contributed by atoms with E-state index in [1.807, 2.05) is 15.2 Å². The summed E-state index contributed by atoms with van der Waals surface area (Å²) in [5.74, 6) is 0.930. The Kier molecular flexibility index (Phi) is 6.30. The van der Waals surface area contributed by atoms with Gasteiger partial charge >= 0.3 is 5.69 Å². The van der Waals surface area contributed by atoms with E-state index < -0.39 is 0 Å². The summed E-state index contributed by atoms with van der Waals surface area (Å²) in [5.41, 5.74) is 6.22. The van der Waals surface area contributed by atoms with Crippen LogP contribution >= 0.6 is 0 Å². The van der Waals surface area contributed by atoms with E-state index in [2.05, 4.69) is 77.6 Å². The first-order valence-corrected chi connectivity index (χ1v) is 11.1. The number of tetrazole rings is 1. The van der Waals surface area contributed by atoms with Gasteiger partial charge in [-0.25, -0.2) is 4.79 Å². The molecule has 8 heteroatoms. The van der Waals surface area contributed by atoms with Crippen LogP contribution in [-0.2, 0) is 19.5 Å². The van der Waals surface area contributed by atoms with Crippen molar-refractivity contribution in [3.63, 3.8) is 0 Å². The van der Waals surface area contributed by atoms with Gasteiger partial charge in [0, 0.05) is 35.9 Å². The number of hydrogen-bond acceptors (Lipinski definition) is 5. The molecule has 0 spiro atoms. The summed E-state index contributed by atoms with van der Waals surface area (Å²) >= 11 is 0. The van der Waals surface area contributed by atoms with Crippen molar-refractivity contribution in [1.82, 2.24) is 34.7 Å². The number of hydrogen-bond donors (Lipinski definition) is 1. The molecule has 0 bridgehead atoms. The number of benzene rings is 1. The fraction of sp³-hybridized carbons (Fsp3) is 0.375. The molecule has 4 rings (SSSR count). The second-order valence-electron chi connectivity index (χ2n) is 8.51. The molecule has 4 aromatic rings. The van der Waals surface area contributed by atoms with Crippen LogP contribution in [0.1, 0.15) is 44.1 Å². The van der Waals surface area contributed by atoms with E-state index in [9.17, 15) is 4.79 Å².